The Kier molecular flexibility index (Phi) is 9.90. The van der Waals surface area contributed by atoms with Crippen LogP contribution in [0.5, 0.6) is 0 Å². The van der Waals surface area contributed by atoms with Crippen LogP contribution in [0.15, 0.2) is 30.3 Å². The summed E-state index contributed by atoms with van der Waals surface area (Å²) in [5.41, 5.74) is 0.588. The molecular formula is C24H38O7. The van der Waals surface area contributed by atoms with Gasteiger partial charge in [0, 0.05) is 7.11 Å². The Morgan fingerprint density at radius 2 is 1.87 bits per heavy atom. The van der Waals surface area contributed by atoms with Crippen molar-refractivity contribution in [2.45, 2.75) is 78.2 Å². The Morgan fingerprint density at radius 3 is 2.52 bits per heavy atom. The molecule has 0 spiro atoms. The normalized spacial score (nSPS) is 21.7. The van der Waals surface area contributed by atoms with Crippen LogP contribution in [-0.2, 0) is 39.8 Å². The van der Waals surface area contributed by atoms with E-state index in [1.807, 2.05) is 65.0 Å². The smallest absolute Gasteiger partial charge is 0.311 e. The highest BCUT2D eigenvalue weighted by Gasteiger charge is 2.45. The molecule has 0 N–H and O–H groups in total. The molecule has 3 atom stereocenters. The number of carbonyl (C=O) groups excluding carboxylic acids is 1. The van der Waals surface area contributed by atoms with Crippen LogP contribution in [0.25, 0.3) is 0 Å². The van der Waals surface area contributed by atoms with E-state index in [9.17, 15) is 4.79 Å². The van der Waals surface area contributed by atoms with E-state index in [1.165, 1.54) is 0 Å². The molecule has 1 aliphatic rings. The zero-order valence-corrected chi connectivity index (χ0v) is 19.7. The molecule has 1 fully saturated rings. The Hall–Kier alpha value is -1.51. The molecule has 1 heterocycles. The van der Waals surface area contributed by atoms with Crippen LogP contribution in [0.4, 0.5) is 0 Å². The van der Waals surface area contributed by atoms with Crippen molar-refractivity contribution in [1.82, 2.24) is 0 Å². The third-order valence-corrected chi connectivity index (χ3v) is 4.86. The van der Waals surface area contributed by atoms with Crippen molar-refractivity contribution in [2.75, 3.05) is 27.1 Å². The van der Waals surface area contributed by atoms with E-state index in [0.29, 0.717) is 32.7 Å². The average Bonchev–Trinajstić information content (AvgIpc) is 3.01. The molecular weight excluding hydrogens is 400 g/mol. The van der Waals surface area contributed by atoms with Crippen LogP contribution >= 0.6 is 0 Å². The maximum atomic E-state index is 12.0. The first kappa shape index (κ1) is 25.7. The average molecular weight is 439 g/mol. The van der Waals surface area contributed by atoms with Gasteiger partial charge in [-0.1, -0.05) is 30.3 Å². The van der Waals surface area contributed by atoms with Gasteiger partial charge in [-0.3, -0.25) is 4.79 Å². The number of benzene rings is 1. The molecule has 0 aromatic heterocycles. The number of hydrogen-bond acceptors (Lipinski definition) is 7. The minimum absolute atomic E-state index is 0.143. The molecule has 1 saturated heterocycles. The highest BCUT2D eigenvalue weighted by Crippen LogP contribution is 2.33. The van der Waals surface area contributed by atoms with Gasteiger partial charge in [0.05, 0.1) is 31.3 Å². The minimum Gasteiger partial charge on any atom is -0.465 e. The quantitative estimate of drug-likeness (QED) is 0.277. The Balaban J connectivity index is 1.92. The zero-order chi connectivity index (χ0) is 22.9. The van der Waals surface area contributed by atoms with E-state index in [1.54, 1.807) is 7.11 Å². The number of methoxy groups -OCH3 is 1. The Morgan fingerprint density at radius 1 is 1.16 bits per heavy atom. The lowest BCUT2D eigenvalue weighted by molar-refractivity contribution is -0.172. The topological polar surface area (TPSA) is 72.5 Å². The van der Waals surface area contributed by atoms with Crippen LogP contribution in [0.2, 0.25) is 0 Å². The largest absolute Gasteiger partial charge is 0.465 e. The summed E-state index contributed by atoms with van der Waals surface area (Å²) in [4.78, 5) is 12.0. The van der Waals surface area contributed by atoms with Gasteiger partial charge in [0.15, 0.2) is 5.79 Å². The molecule has 7 nitrogen and oxygen atoms in total. The highest BCUT2D eigenvalue weighted by atomic mass is 16.8. The fourth-order valence-electron chi connectivity index (χ4n) is 3.34. The minimum atomic E-state index is -0.737. The third kappa shape index (κ3) is 8.86. The van der Waals surface area contributed by atoms with Crippen molar-refractivity contribution in [3.63, 3.8) is 0 Å². The van der Waals surface area contributed by atoms with Gasteiger partial charge in [0.25, 0.3) is 0 Å². The maximum absolute atomic E-state index is 12.0. The Bertz CT molecular complexity index is 654. The van der Waals surface area contributed by atoms with E-state index in [-0.39, 0.29) is 31.1 Å². The van der Waals surface area contributed by atoms with E-state index in [0.717, 1.165) is 5.56 Å². The SMILES string of the molecule is COCO[C@H](CCCOC(=O)C(C)(C)C)[C@@H]1OC(C)(C)O[C@@H]1COCc1ccccc1. The lowest BCUT2D eigenvalue weighted by Gasteiger charge is -2.27. The van der Waals surface area contributed by atoms with E-state index in [2.05, 4.69) is 0 Å². The van der Waals surface area contributed by atoms with Gasteiger partial charge >= 0.3 is 5.97 Å². The number of hydrogen-bond donors (Lipinski definition) is 0. The second-order valence-corrected chi connectivity index (χ2v) is 9.28. The molecule has 0 saturated carbocycles. The highest BCUT2D eigenvalue weighted by molar-refractivity contribution is 5.75. The predicted molar refractivity (Wildman–Crippen MR) is 116 cm³/mol. The molecule has 1 aromatic carbocycles. The van der Waals surface area contributed by atoms with Gasteiger partial charge in [0.2, 0.25) is 0 Å². The lowest BCUT2D eigenvalue weighted by atomic mass is 9.97. The van der Waals surface area contributed by atoms with Crippen LogP contribution in [-0.4, -0.2) is 57.2 Å². The van der Waals surface area contributed by atoms with Crippen LogP contribution < -0.4 is 0 Å². The lowest BCUT2D eigenvalue weighted by Crippen LogP contribution is -2.40. The first-order valence-electron chi connectivity index (χ1n) is 10.9. The number of carbonyl (C=O) groups is 1. The summed E-state index contributed by atoms with van der Waals surface area (Å²) in [6.45, 7) is 10.6. The summed E-state index contributed by atoms with van der Waals surface area (Å²) in [6.07, 6.45) is 0.408. The van der Waals surface area contributed by atoms with Gasteiger partial charge in [0.1, 0.15) is 19.0 Å². The summed E-state index contributed by atoms with van der Waals surface area (Å²) in [5.74, 6) is -0.950. The summed E-state index contributed by atoms with van der Waals surface area (Å²) in [6, 6.07) is 10.0. The van der Waals surface area contributed by atoms with E-state index >= 15 is 0 Å². The number of rotatable bonds is 12. The van der Waals surface area contributed by atoms with Gasteiger partial charge in [-0.25, -0.2) is 0 Å². The second-order valence-electron chi connectivity index (χ2n) is 9.28. The van der Waals surface area contributed by atoms with Crippen molar-refractivity contribution >= 4 is 5.97 Å². The number of ether oxygens (including phenoxy) is 6. The first-order valence-corrected chi connectivity index (χ1v) is 10.9. The number of esters is 1. The van der Waals surface area contributed by atoms with Crippen molar-refractivity contribution in [3.8, 4) is 0 Å². The van der Waals surface area contributed by atoms with Gasteiger partial charge in [-0.15, -0.1) is 0 Å². The molecule has 0 bridgehead atoms. The molecule has 1 aliphatic heterocycles. The predicted octanol–water partition coefficient (Wildman–Crippen LogP) is 4.08. The summed E-state index contributed by atoms with van der Waals surface area (Å²) in [5, 5.41) is 0. The van der Waals surface area contributed by atoms with Crippen LogP contribution in [0, 0.1) is 5.41 Å². The summed E-state index contributed by atoms with van der Waals surface area (Å²) < 4.78 is 34.6. The molecule has 0 unspecified atom stereocenters. The summed E-state index contributed by atoms with van der Waals surface area (Å²) >= 11 is 0. The fraction of sp³-hybridized carbons (Fsp3) is 0.708. The molecule has 0 radical (unpaired) electrons. The van der Waals surface area contributed by atoms with Crippen LogP contribution in [0.3, 0.4) is 0 Å². The monoisotopic (exact) mass is 438 g/mol. The van der Waals surface area contributed by atoms with E-state index < -0.39 is 11.2 Å². The standard InChI is InChI=1S/C24H38O7/c1-23(2,3)22(25)28-14-10-13-19(29-17-26-6)21-20(30-24(4,5)31-21)16-27-15-18-11-8-7-9-12-18/h7-9,11-12,19-21H,10,13-17H2,1-6H3/t19-,20-,21+/m1/s1. The molecule has 31 heavy (non-hydrogen) atoms. The van der Waals surface area contributed by atoms with Crippen molar-refractivity contribution < 1.29 is 33.2 Å². The third-order valence-electron chi connectivity index (χ3n) is 4.86. The fourth-order valence-corrected chi connectivity index (χ4v) is 3.34. The second kappa shape index (κ2) is 11.9. The van der Waals surface area contributed by atoms with Gasteiger partial charge in [-0.05, 0) is 53.0 Å². The van der Waals surface area contributed by atoms with Crippen molar-refractivity contribution in [2.24, 2.45) is 5.41 Å². The summed E-state index contributed by atoms with van der Waals surface area (Å²) in [7, 11) is 1.58. The molecule has 0 aliphatic carbocycles. The van der Waals surface area contributed by atoms with Crippen LogP contribution in [0.1, 0.15) is 53.0 Å². The maximum Gasteiger partial charge on any atom is 0.311 e. The molecule has 176 valence electrons. The van der Waals surface area contributed by atoms with Gasteiger partial charge in [-0.2, -0.15) is 0 Å². The molecule has 0 amide bonds. The first-order chi connectivity index (χ1) is 14.6. The van der Waals surface area contributed by atoms with Crippen molar-refractivity contribution in [1.29, 1.82) is 0 Å². The van der Waals surface area contributed by atoms with Gasteiger partial charge < -0.3 is 28.4 Å². The molecule has 7 heteroatoms. The zero-order valence-electron chi connectivity index (χ0n) is 19.7. The molecule has 1 aromatic rings. The van der Waals surface area contributed by atoms with E-state index in [4.69, 9.17) is 28.4 Å². The van der Waals surface area contributed by atoms with Crippen molar-refractivity contribution in [3.05, 3.63) is 35.9 Å². The molecule has 2 rings (SSSR count). The Labute approximate surface area is 186 Å².